The van der Waals surface area contributed by atoms with Gasteiger partial charge in [-0.2, -0.15) is 19.6 Å². The molecule has 0 radical (unpaired) electrons. The van der Waals surface area contributed by atoms with E-state index in [1.807, 2.05) is 18.2 Å². The number of hydrogen-bond donors (Lipinski definition) is 3. The lowest BCUT2D eigenvalue weighted by Gasteiger charge is -2.12. The normalized spacial score (nSPS) is 16.8. The minimum absolute atomic E-state index is 0.0405. The monoisotopic (exact) mass is 449 g/mol. The number of methoxy groups -OCH3 is 2. The highest BCUT2D eigenvalue weighted by atomic mass is 16.5. The van der Waals surface area contributed by atoms with Crippen LogP contribution in [0, 0.1) is 0 Å². The van der Waals surface area contributed by atoms with Crippen molar-refractivity contribution in [1.82, 2.24) is 24.9 Å². The van der Waals surface area contributed by atoms with Gasteiger partial charge >= 0.3 is 0 Å². The van der Waals surface area contributed by atoms with E-state index in [1.54, 1.807) is 31.0 Å². The molecule has 2 aromatic heterocycles. The van der Waals surface area contributed by atoms with Crippen LogP contribution < -0.4 is 25.4 Å². The molecular weight excluding hydrogens is 426 g/mol. The molecule has 3 heterocycles. The maximum absolute atomic E-state index is 12.0. The van der Waals surface area contributed by atoms with Gasteiger partial charge in [0.05, 0.1) is 26.8 Å². The van der Waals surface area contributed by atoms with Gasteiger partial charge in [0.2, 0.25) is 17.8 Å². The summed E-state index contributed by atoms with van der Waals surface area (Å²) in [5.74, 6) is 1.56. The Balaban J connectivity index is 1.46. The quantitative estimate of drug-likeness (QED) is 0.348. The van der Waals surface area contributed by atoms with Crippen LogP contribution in [-0.2, 0) is 16.1 Å². The number of anilines is 2. The van der Waals surface area contributed by atoms with Gasteiger partial charge in [0.25, 0.3) is 5.91 Å². The molecule has 5 rings (SSSR count). The lowest BCUT2D eigenvalue weighted by molar-refractivity contribution is -0.124. The first-order valence-electron chi connectivity index (χ1n) is 10.6. The minimum Gasteiger partial charge on any atom is -0.493 e. The minimum atomic E-state index is -0.392. The third kappa shape index (κ3) is 4.29. The van der Waals surface area contributed by atoms with Gasteiger partial charge in [0.1, 0.15) is 0 Å². The van der Waals surface area contributed by atoms with E-state index in [-0.39, 0.29) is 12.3 Å². The summed E-state index contributed by atoms with van der Waals surface area (Å²) in [6, 6.07) is 6.01. The van der Waals surface area contributed by atoms with Crippen LogP contribution >= 0.6 is 0 Å². The van der Waals surface area contributed by atoms with Gasteiger partial charge in [-0.05, 0) is 36.6 Å². The van der Waals surface area contributed by atoms with Crippen molar-refractivity contribution in [3.05, 3.63) is 41.1 Å². The van der Waals surface area contributed by atoms with E-state index in [9.17, 15) is 9.59 Å². The highest BCUT2D eigenvalue weighted by molar-refractivity contribution is 6.15. The molecular formula is C22H23N7O4. The van der Waals surface area contributed by atoms with E-state index < -0.39 is 5.91 Å². The predicted molar refractivity (Wildman–Crippen MR) is 120 cm³/mol. The highest BCUT2D eigenvalue weighted by Gasteiger charge is 2.26. The van der Waals surface area contributed by atoms with Crippen molar-refractivity contribution in [2.45, 2.75) is 31.8 Å². The van der Waals surface area contributed by atoms with Crippen molar-refractivity contribution in [3.63, 3.8) is 0 Å². The Morgan fingerprint density at radius 1 is 1.18 bits per heavy atom. The van der Waals surface area contributed by atoms with Crippen LogP contribution in [0.25, 0.3) is 11.7 Å². The first-order valence-corrected chi connectivity index (χ1v) is 10.6. The molecule has 3 N–H and O–H groups in total. The molecule has 11 nitrogen and oxygen atoms in total. The van der Waals surface area contributed by atoms with Gasteiger partial charge in [0, 0.05) is 23.7 Å². The lowest BCUT2D eigenvalue weighted by Crippen LogP contribution is -2.19. The van der Waals surface area contributed by atoms with Crippen molar-refractivity contribution in [1.29, 1.82) is 0 Å². The Labute approximate surface area is 189 Å². The van der Waals surface area contributed by atoms with E-state index in [0.717, 1.165) is 18.4 Å². The molecule has 2 fully saturated rings. The fraction of sp³-hybridized carbons (Fsp3) is 0.318. The zero-order valence-corrected chi connectivity index (χ0v) is 18.2. The number of imide groups is 1. The summed E-state index contributed by atoms with van der Waals surface area (Å²) in [6.07, 6.45) is 5.44. The number of rotatable bonds is 8. The number of nitrogens with zero attached hydrogens (tertiary/aromatic N) is 4. The Hall–Kier alpha value is -4.15. The number of carbonyl (C=O) groups is 2. The molecule has 1 aromatic carbocycles. The largest absolute Gasteiger partial charge is 0.493 e. The van der Waals surface area contributed by atoms with Crippen molar-refractivity contribution < 1.29 is 19.1 Å². The second-order valence-corrected chi connectivity index (χ2v) is 7.89. The average Bonchev–Trinajstić information content (AvgIpc) is 3.45. The molecule has 2 aliphatic rings. The molecule has 3 aromatic rings. The van der Waals surface area contributed by atoms with Crippen LogP contribution in [0.4, 0.5) is 11.9 Å². The summed E-state index contributed by atoms with van der Waals surface area (Å²) in [5, 5.41) is 13.3. The maximum Gasteiger partial charge on any atom is 0.254 e. The van der Waals surface area contributed by atoms with Gasteiger partial charge in [-0.25, -0.2) is 0 Å². The summed E-state index contributed by atoms with van der Waals surface area (Å²) in [4.78, 5) is 32.8. The molecule has 1 saturated carbocycles. The van der Waals surface area contributed by atoms with Crippen LogP contribution in [0.2, 0.25) is 0 Å². The van der Waals surface area contributed by atoms with Crippen molar-refractivity contribution in [2.24, 2.45) is 0 Å². The Morgan fingerprint density at radius 2 is 2.00 bits per heavy atom. The molecule has 33 heavy (non-hydrogen) atoms. The summed E-state index contributed by atoms with van der Waals surface area (Å²) in [7, 11) is 3.19. The topological polar surface area (TPSA) is 132 Å². The van der Waals surface area contributed by atoms with Crippen molar-refractivity contribution in [3.8, 4) is 11.5 Å². The summed E-state index contributed by atoms with van der Waals surface area (Å²) in [6.45, 7) is 0.459. The number of fused-ring (bicyclic) bond motifs is 1. The van der Waals surface area contributed by atoms with Crippen LogP contribution in [0.5, 0.6) is 11.5 Å². The summed E-state index contributed by atoms with van der Waals surface area (Å²) < 4.78 is 12.3. The van der Waals surface area contributed by atoms with E-state index in [2.05, 4.69) is 31.0 Å². The third-order valence-electron chi connectivity index (χ3n) is 5.43. The zero-order chi connectivity index (χ0) is 22.9. The first-order chi connectivity index (χ1) is 16.0. The van der Waals surface area contributed by atoms with E-state index in [0.29, 0.717) is 52.8 Å². The number of nitrogens with one attached hydrogen (secondary N) is 3. The molecule has 1 aliphatic heterocycles. The standard InChI is InChI=1S/C22H23N7O4/c1-32-16-6-3-12(7-17(16)33-2)10-23-21-27-19-14(8-13-9-18(30)26-20(13)31)11-24-29(19)22(28-21)25-15-4-5-15/h3,6-8,11,15H,4-5,9-10H2,1-2H3,(H,26,30,31)(H2,23,25,27,28)/b13-8+. The molecule has 0 unspecified atom stereocenters. The van der Waals surface area contributed by atoms with Crippen LogP contribution in [-0.4, -0.2) is 51.7 Å². The van der Waals surface area contributed by atoms with Crippen LogP contribution in [0.3, 0.4) is 0 Å². The van der Waals surface area contributed by atoms with Gasteiger partial charge in [-0.1, -0.05) is 6.07 Å². The maximum atomic E-state index is 12.0. The summed E-state index contributed by atoms with van der Waals surface area (Å²) in [5.41, 5.74) is 2.50. The molecule has 2 amide bonds. The number of aromatic nitrogens is 4. The summed E-state index contributed by atoms with van der Waals surface area (Å²) >= 11 is 0. The predicted octanol–water partition coefficient (Wildman–Crippen LogP) is 1.76. The Bertz CT molecular complexity index is 1280. The Morgan fingerprint density at radius 3 is 2.70 bits per heavy atom. The van der Waals surface area contributed by atoms with Gasteiger partial charge in [-0.15, -0.1) is 0 Å². The highest BCUT2D eigenvalue weighted by Crippen LogP contribution is 2.29. The van der Waals surface area contributed by atoms with E-state index >= 15 is 0 Å². The number of ether oxygens (including phenoxy) is 2. The molecule has 0 atom stereocenters. The fourth-order valence-corrected chi connectivity index (χ4v) is 3.56. The van der Waals surface area contributed by atoms with Crippen molar-refractivity contribution in [2.75, 3.05) is 24.9 Å². The average molecular weight is 449 g/mol. The molecule has 11 heteroatoms. The van der Waals surface area contributed by atoms with Gasteiger partial charge < -0.3 is 20.1 Å². The lowest BCUT2D eigenvalue weighted by atomic mass is 10.1. The Kier molecular flexibility index (Phi) is 5.29. The van der Waals surface area contributed by atoms with Gasteiger partial charge in [-0.3, -0.25) is 14.9 Å². The second kappa shape index (κ2) is 8.41. The van der Waals surface area contributed by atoms with Crippen LogP contribution in [0.1, 0.15) is 30.4 Å². The van der Waals surface area contributed by atoms with E-state index in [4.69, 9.17) is 9.47 Å². The number of carbonyl (C=O) groups excluding carboxylic acids is 2. The molecule has 0 bridgehead atoms. The fourth-order valence-electron chi connectivity index (χ4n) is 3.56. The SMILES string of the molecule is COc1ccc(CNc2nc(NC3CC3)n3ncc(/C=C4\CC(=O)NC4=O)c3n2)cc1OC. The molecule has 1 saturated heterocycles. The van der Waals surface area contributed by atoms with E-state index in [1.165, 1.54) is 0 Å². The second-order valence-electron chi connectivity index (χ2n) is 7.89. The molecule has 1 aliphatic carbocycles. The smallest absolute Gasteiger partial charge is 0.254 e. The van der Waals surface area contributed by atoms with Gasteiger partial charge in [0.15, 0.2) is 17.1 Å². The van der Waals surface area contributed by atoms with Crippen LogP contribution in [0.15, 0.2) is 30.0 Å². The molecule has 170 valence electrons. The molecule has 0 spiro atoms. The van der Waals surface area contributed by atoms with Crippen molar-refractivity contribution >= 4 is 35.4 Å². The third-order valence-corrected chi connectivity index (χ3v) is 5.43. The number of amides is 2. The number of benzene rings is 1. The zero-order valence-electron chi connectivity index (χ0n) is 18.2. The number of hydrogen-bond acceptors (Lipinski definition) is 9. The first kappa shape index (κ1) is 20.7.